The highest BCUT2D eigenvalue weighted by Gasteiger charge is 2.32. The Morgan fingerprint density at radius 3 is 1.95 bits per heavy atom. The first-order valence-corrected chi connectivity index (χ1v) is 5.85. The molecule has 1 aromatic carbocycles. The fraction of sp³-hybridized carbons (Fsp3) is 0.429. The van der Waals surface area contributed by atoms with Gasteiger partial charge in [0.1, 0.15) is 5.41 Å². The van der Waals surface area contributed by atoms with Crippen LogP contribution in [0.15, 0.2) is 24.3 Å². The van der Waals surface area contributed by atoms with Crippen molar-refractivity contribution in [2.24, 2.45) is 5.41 Å². The van der Waals surface area contributed by atoms with Gasteiger partial charge in [0.2, 0.25) is 0 Å². The van der Waals surface area contributed by atoms with E-state index in [0.29, 0.717) is 18.4 Å². The molecule has 0 aliphatic heterocycles. The van der Waals surface area contributed by atoms with Crippen molar-refractivity contribution in [3.63, 3.8) is 0 Å². The maximum Gasteiger partial charge on any atom is 0.416 e. The number of hydrogen-bond acceptors (Lipinski definition) is 2. The summed E-state index contributed by atoms with van der Waals surface area (Å²) in [6.45, 7) is 1.86. The lowest BCUT2D eigenvalue weighted by Crippen LogP contribution is -2.19. The molecule has 0 unspecified atom stereocenters. The van der Waals surface area contributed by atoms with Crippen molar-refractivity contribution in [3.8, 4) is 12.1 Å². The standard InChI is InChI=1S/C14H13F3N2/c1-2-7-13(9-18,10-19)8-11-3-5-12(6-4-11)14(15,16)17/h3-6H,2,7-8H2,1H3. The molecular weight excluding hydrogens is 253 g/mol. The molecule has 0 aliphatic carbocycles. The highest BCUT2D eigenvalue weighted by molar-refractivity contribution is 5.28. The number of alkyl halides is 3. The molecule has 0 N–H and O–H groups in total. The van der Waals surface area contributed by atoms with Crippen LogP contribution in [0.2, 0.25) is 0 Å². The summed E-state index contributed by atoms with van der Waals surface area (Å²) in [6.07, 6.45) is -3.15. The third kappa shape index (κ3) is 3.72. The fourth-order valence-corrected chi connectivity index (χ4v) is 1.89. The predicted octanol–water partition coefficient (Wildman–Crippen LogP) is 4.08. The van der Waals surface area contributed by atoms with Crippen LogP contribution in [0.25, 0.3) is 0 Å². The van der Waals surface area contributed by atoms with E-state index in [0.717, 1.165) is 12.1 Å². The third-order valence-corrected chi connectivity index (χ3v) is 2.89. The van der Waals surface area contributed by atoms with Crippen LogP contribution in [0.3, 0.4) is 0 Å². The summed E-state index contributed by atoms with van der Waals surface area (Å²) in [7, 11) is 0. The first-order valence-electron chi connectivity index (χ1n) is 5.85. The van der Waals surface area contributed by atoms with Crippen molar-refractivity contribution >= 4 is 0 Å². The number of nitriles is 2. The van der Waals surface area contributed by atoms with Crippen LogP contribution in [0.1, 0.15) is 30.9 Å². The molecule has 0 atom stereocenters. The normalized spacial score (nSPS) is 11.7. The average Bonchev–Trinajstić information content (AvgIpc) is 2.37. The van der Waals surface area contributed by atoms with E-state index in [-0.39, 0.29) is 6.42 Å². The number of benzene rings is 1. The summed E-state index contributed by atoms with van der Waals surface area (Å²) >= 11 is 0. The summed E-state index contributed by atoms with van der Waals surface area (Å²) in [5, 5.41) is 18.2. The Hall–Kier alpha value is -2.01. The zero-order valence-corrected chi connectivity index (χ0v) is 10.5. The molecule has 0 radical (unpaired) electrons. The molecule has 0 bridgehead atoms. The minimum absolute atomic E-state index is 0.145. The molecule has 5 heteroatoms. The van der Waals surface area contributed by atoms with E-state index >= 15 is 0 Å². The van der Waals surface area contributed by atoms with Gasteiger partial charge in [0.25, 0.3) is 0 Å². The van der Waals surface area contributed by atoms with Crippen LogP contribution in [0.5, 0.6) is 0 Å². The Morgan fingerprint density at radius 1 is 1.05 bits per heavy atom. The zero-order chi connectivity index (χ0) is 14.5. The molecule has 0 aliphatic rings. The Balaban J connectivity index is 2.95. The van der Waals surface area contributed by atoms with Gasteiger partial charge >= 0.3 is 6.18 Å². The van der Waals surface area contributed by atoms with E-state index in [1.807, 2.05) is 19.1 Å². The molecule has 1 rings (SSSR count). The number of halogens is 3. The topological polar surface area (TPSA) is 47.6 Å². The highest BCUT2D eigenvalue weighted by atomic mass is 19.4. The monoisotopic (exact) mass is 266 g/mol. The summed E-state index contributed by atoms with van der Waals surface area (Å²) in [5.74, 6) is 0. The quantitative estimate of drug-likeness (QED) is 0.824. The Labute approximate surface area is 110 Å². The minimum atomic E-state index is -4.37. The van der Waals surface area contributed by atoms with Gasteiger partial charge in [0, 0.05) is 6.42 Å². The summed E-state index contributed by atoms with van der Waals surface area (Å²) in [6, 6.07) is 8.54. The lowest BCUT2D eigenvalue weighted by molar-refractivity contribution is -0.137. The number of hydrogen-bond donors (Lipinski definition) is 0. The molecule has 0 aromatic heterocycles. The van der Waals surface area contributed by atoms with Crippen LogP contribution < -0.4 is 0 Å². The van der Waals surface area contributed by atoms with Gasteiger partial charge < -0.3 is 0 Å². The van der Waals surface area contributed by atoms with Gasteiger partial charge in [-0.15, -0.1) is 0 Å². The molecule has 2 nitrogen and oxygen atoms in total. The van der Waals surface area contributed by atoms with Gasteiger partial charge in [-0.1, -0.05) is 25.5 Å². The zero-order valence-electron chi connectivity index (χ0n) is 10.5. The lowest BCUT2D eigenvalue weighted by Gasteiger charge is -2.17. The van der Waals surface area contributed by atoms with Crippen molar-refractivity contribution in [2.75, 3.05) is 0 Å². The van der Waals surface area contributed by atoms with Gasteiger partial charge in [-0.05, 0) is 24.1 Å². The van der Waals surface area contributed by atoms with Crippen molar-refractivity contribution in [1.29, 1.82) is 10.5 Å². The van der Waals surface area contributed by atoms with E-state index in [4.69, 9.17) is 10.5 Å². The van der Waals surface area contributed by atoms with Gasteiger partial charge in [-0.3, -0.25) is 0 Å². The molecule has 100 valence electrons. The average molecular weight is 266 g/mol. The molecule has 0 saturated heterocycles. The van der Waals surface area contributed by atoms with Gasteiger partial charge in [0.05, 0.1) is 17.7 Å². The SMILES string of the molecule is CCCC(C#N)(C#N)Cc1ccc(C(F)(F)F)cc1. The van der Waals surface area contributed by atoms with Crippen molar-refractivity contribution in [2.45, 2.75) is 32.4 Å². The van der Waals surface area contributed by atoms with E-state index in [9.17, 15) is 13.2 Å². The smallest absolute Gasteiger partial charge is 0.197 e. The number of nitrogens with zero attached hydrogens (tertiary/aromatic N) is 2. The predicted molar refractivity (Wildman–Crippen MR) is 63.7 cm³/mol. The molecule has 1 aromatic rings. The summed E-state index contributed by atoms with van der Waals surface area (Å²) in [4.78, 5) is 0. The van der Waals surface area contributed by atoms with Crippen LogP contribution in [0, 0.1) is 28.1 Å². The van der Waals surface area contributed by atoms with Crippen LogP contribution in [0.4, 0.5) is 13.2 Å². The fourth-order valence-electron chi connectivity index (χ4n) is 1.89. The van der Waals surface area contributed by atoms with Gasteiger partial charge in [0.15, 0.2) is 0 Å². The molecule has 0 heterocycles. The maximum absolute atomic E-state index is 12.4. The van der Waals surface area contributed by atoms with Crippen molar-refractivity contribution < 1.29 is 13.2 Å². The second-order valence-electron chi connectivity index (χ2n) is 4.43. The van der Waals surface area contributed by atoms with E-state index in [2.05, 4.69) is 0 Å². The lowest BCUT2D eigenvalue weighted by atomic mass is 9.80. The Kier molecular flexibility index (Phi) is 4.56. The molecule has 0 saturated carbocycles. The third-order valence-electron chi connectivity index (χ3n) is 2.89. The van der Waals surface area contributed by atoms with Crippen molar-refractivity contribution in [3.05, 3.63) is 35.4 Å². The van der Waals surface area contributed by atoms with Gasteiger partial charge in [-0.25, -0.2) is 0 Å². The number of rotatable bonds is 4. The molecule has 0 spiro atoms. The van der Waals surface area contributed by atoms with Crippen LogP contribution >= 0.6 is 0 Å². The Morgan fingerprint density at radius 2 is 1.58 bits per heavy atom. The molecular formula is C14H13F3N2. The molecule has 0 amide bonds. The second kappa shape index (κ2) is 5.75. The maximum atomic E-state index is 12.4. The van der Waals surface area contributed by atoms with E-state index in [1.54, 1.807) is 0 Å². The largest absolute Gasteiger partial charge is 0.416 e. The summed E-state index contributed by atoms with van der Waals surface area (Å²) < 4.78 is 37.2. The van der Waals surface area contributed by atoms with Crippen LogP contribution in [-0.4, -0.2) is 0 Å². The second-order valence-corrected chi connectivity index (χ2v) is 4.43. The van der Waals surface area contributed by atoms with Crippen molar-refractivity contribution in [1.82, 2.24) is 0 Å². The Bertz CT molecular complexity index is 489. The summed E-state index contributed by atoms with van der Waals surface area (Å²) in [5.41, 5.74) is -1.33. The van der Waals surface area contributed by atoms with Gasteiger partial charge in [-0.2, -0.15) is 23.7 Å². The van der Waals surface area contributed by atoms with E-state index < -0.39 is 17.2 Å². The minimum Gasteiger partial charge on any atom is -0.197 e. The molecule has 0 fully saturated rings. The highest BCUT2D eigenvalue weighted by Crippen LogP contribution is 2.31. The van der Waals surface area contributed by atoms with E-state index in [1.165, 1.54) is 12.1 Å². The molecule has 19 heavy (non-hydrogen) atoms. The first kappa shape index (κ1) is 15.0. The van der Waals surface area contributed by atoms with Crippen LogP contribution in [-0.2, 0) is 12.6 Å². The first-order chi connectivity index (χ1) is 8.87.